The number of hydrogen-bond donors (Lipinski definition) is 0. The van der Waals surface area contributed by atoms with E-state index in [1.54, 1.807) is 14.2 Å². The zero-order valence-corrected chi connectivity index (χ0v) is 14.6. The van der Waals surface area contributed by atoms with E-state index in [4.69, 9.17) is 21.8 Å². The lowest BCUT2D eigenvalue weighted by molar-refractivity contribution is -0.131. The molecule has 7 nitrogen and oxygen atoms in total. The molecular weight excluding hydrogens is 332 g/mol. The van der Waals surface area contributed by atoms with Gasteiger partial charge in [0.25, 0.3) is 0 Å². The Kier molecular flexibility index (Phi) is 5.16. The number of fused-ring (bicyclic) bond motifs is 1. The van der Waals surface area contributed by atoms with Gasteiger partial charge in [0.2, 0.25) is 5.91 Å². The summed E-state index contributed by atoms with van der Waals surface area (Å²) in [6.07, 6.45) is 3.13. The van der Waals surface area contributed by atoms with Crippen LogP contribution < -0.4 is 0 Å². The second kappa shape index (κ2) is 7.16. The summed E-state index contributed by atoms with van der Waals surface area (Å²) in [5.74, 6) is 0.774. The molecule has 8 heteroatoms. The summed E-state index contributed by atoms with van der Waals surface area (Å²) in [5, 5.41) is 9.10. The first-order chi connectivity index (χ1) is 11.5. The Hall–Kier alpha value is -1.52. The molecular formula is C16H23ClN4O3. The first kappa shape index (κ1) is 17.3. The first-order valence-electron chi connectivity index (χ1n) is 8.48. The molecule has 3 fully saturated rings. The lowest BCUT2D eigenvalue weighted by Crippen LogP contribution is -2.42. The number of nitriles is 1. The van der Waals surface area contributed by atoms with E-state index in [1.807, 2.05) is 0 Å². The molecule has 2 aliphatic heterocycles. The van der Waals surface area contributed by atoms with E-state index >= 15 is 0 Å². The highest BCUT2D eigenvalue weighted by Crippen LogP contribution is 2.40. The molecule has 0 aromatic heterocycles. The predicted octanol–water partition coefficient (Wildman–Crippen LogP) is 1.43. The third kappa shape index (κ3) is 3.31. The number of ether oxygens (including phenoxy) is 1. The maximum atomic E-state index is 12.4. The van der Waals surface area contributed by atoms with Crippen LogP contribution in [0, 0.1) is 23.2 Å². The molecule has 2 amide bonds. The van der Waals surface area contributed by atoms with Crippen molar-refractivity contribution in [1.29, 1.82) is 5.26 Å². The fourth-order valence-electron chi connectivity index (χ4n) is 4.32. The molecule has 3 aliphatic rings. The van der Waals surface area contributed by atoms with Crippen molar-refractivity contribution in [2.24, 2.45) is 11.8 Å². The average molecular weight is 355 g/mol. The Morgan fingerprint density at radius 3 is 2.58 bits per heavy atom. The smallest absolute Gasteiger partial charge is 0.409 e. The van der Waals surface area contributed by atoms with Gasteiger partial charge in [-0.05, 0) is 49.3 Å². The van der Waals surface area contributed by atoms with Crippen LogP contribution >= 0.6 is 11.8 Å². The zero-order valence-electron chi connectivity index (χ0n) is 13.9. The highest BCUT2D eigenvalue weighted by atomic mass is 35.5. The molecule has 2 saturated heterocycles. The number of amides is 2. The summed E-state index contributed by atoms with van der Waals surface area (Å²) in [6.45, 7) is 2.20. The van der Waals surface area contributed by atoms with Crippen LogP contribution in [-0.2, 0) is 9.53 Å². The summed E-state index contributed by atoms with van der Waals surface area (Å²) in [6, 6.07) is 2.03. The molecule has 0 aromatic carbocycles. The quantitative estimate of drug-likeness (QED) is 0.717. The highest BCUT2D eigenvalue weighted by Gasteiger charge is 2.44. The van der Waals surface area contributed by atoms with Crippen molar-refractivity contribution >= 4 is 23.8 Å². The molecule has 0 radical (unpaired) electrons. The topological polar surface area (TPSA) is 76.9 Å². The van der Waals surface area contributed by atoms with Crippen molar-refractivity contribution in [3.05, 3.63) is 0 Å². The fourth-order valence-corrected chi connectivity index (χ4v) is 4.59. The van der Waals surface area contributed by atoms with Crippen LogP contribution in [0.4, 0.5) is 4.79 Å². The van der Waals surface area contributed by atoms with Crippen LogP contribution in [0.5, 0.6) is 0 Å². The molecule has 1 aliphatic carbocycles. The zero-order chi connectivity index (χ0) is 17.3. The van der Waals surface area contributed by atoms with E-state index in [9.17, 15) is 9.59 Å². The predicted molar refractivity (Wildman–Crippen MR) is 86.9 cm³/mol. The summed E-state index contributed by atoms with van der Waals surface area (Å²) in [4.78, 5) is 27.4. The fraction of sp³-hybridized carbons (Fsp3) is 0.812. The van der Waals surface area contributed by atoms with Crippen molar-refractivity contribution in [1.82, 2.24) is 14.2 Å². The largest absolute Gasteiger partial charge is 0.453 e. The number of rotatable bonds is 3. The van der Waals surface area contributed by atoms with Crippen LogP contribution in [-0.4, -0.2) is 71.6 Å². The minimum atomic E-state index is -0.306. The molecule has 0 spiro atoms. The Labute approximate surface area is 147 Å². The SMILES string of the molecule is COC(=O)N1C[C@H]2C[C@@H](N(Cl)CC(=O)N3CCC[C@H]3C#N)C[C@H]2C1. The van der Waals surface area contributed by atoms with Crippen molar-refractivity contribution < 1.29 is 14.3 Å². The molecule has 0 aromatic rings. The van der Waals surface area contributed by atoms with Crippen molar-refractivity contribution in [2.75, 3.05) is 33.3 Å². The highest BCUT2D eigenvalue weighted by molar-refractivity contribution is 6.14. The standard InChI is InChI=1S/C16H23ClN4O3/c1-24-16(23)19-8-11-5-14(6-12(11)9-19)21(17)10-15(22)20-4-2-3-13(20)7-18/h11-14H,2-6,8-10H2,1H3/t11-,12+,13-,14-/m0/s1. The monoisotopic (exact) mass is 354 g/mol. The molecule has 1 saturated carbocycles. The average Bonchev–Trinajstić information content (AvgIpc) is 3.26. The molecule has 3 rings (SSSR count). The summed E-state index contributed by atoms with van der Waals surface area (Å²) < 4.78 is 6.38. The molecule has 0 N–H and O–H groups in total. The number of methoxy groups -OCH3 is 1. The van der Waals surface area contributed by atoms with Gasteiger partial charge in [-0.3, -0.25) is 4.79 Å². The van der Waals surface area contributed by atoms with E-state index < -0.39 is 0 Å². The van der Waals surface area contributed by atoms with Gasteiger partial charge in [0.15, 0.2) is 0 Å². The molecule has 24 heavy (non-hydrogen) atoms. The minimum Gasteiger partial charge on any atom is -0.453 e. The lowest BCUT2D eigenvalue weighted by Gasteiger charge is -2.26. The summed E-state index contributed by atoms with van der Waals surface area (Å²) in [7, 11) is 1.40. The molecule has 2 heterocycles. The van der Waals surface area contributed by atoms with Crippen molar-refractivity contribution in [3.8, 4) is 6.07 Å². The Morgan fingerprint density at radius 1 is 1.33 bits per heavy atom. The van der Waals surface area contributed by atoms with Crippen LogP contribution in [0.3, 0.4) is 0 Å². The molecule has 0 bridgehead atoms. The second-order valence-corrected chi connectivity index (χ2v) is 7.39. The Bertz CT molecular complexity index is 538. The van der Waals surface area contributed by atoms with Gasteiger partial charge < -0.3 is 14.5 Å². The van der Waals surface area contributed by atoms with Crippen LogP contribution in [0.2, 0.25) is 0 Å². The van der Waals surface area contributed by atoms with Crippen molar-refractivity contribution in [3.63, 3.8) is 0 Å². The Morgan fingerprint density at radius 2 is 2.00 bits per heavy atom. The summed E-state index contributed by atoms with van der Waals surface area (Å²) in [5.41, 5.74) is 0. The van der Waals surface area contributed by atoms with E-state index in [0.717, 1.165) is 25.7 Å². The van der Waals surface area contributed by atoms with Crippen LogP contribution in [0.15, 0.2) is 0 Å². The molecule has 132 valence electrons. The molecule has 0 unspecified atom stereocenters. The number of halogens is 1. The van der Waals surface area contributed by atoms with Gasteiger partial charge >= 0.3 is 6.09 Å². The van der Waals surface area contributed by atoms with E-state index in [1.165, 1.54) is 7.11 Å². The number of carbonyl (C=O) groups excluding carboxylic acids is 2. The minimum absolute atomic E-state index is 0.0673. The van der Waals surface area contributed by atoms with Crippen LogP contribution in [0.1, 0.15) is 25.7 Å². The maximum Gasteiger partial charge on any atom is 0.409 e. The number of hydrogen-bond acceptors (Lipinski definition) is 5. The van der Waals surface area contributed by atoms with E-state index in [2.05, 4.69) is 6.07 Å². The molecule has 4 atom stereocenters. The van der Waals surface area contributed by atoms with Gasteiger partial charge in [-0.2, -0.15) is 5.26 Å². The number of nitrogens with zero attached hydrogens (tertiary/aromatic N) is 4. The third-order valence-electron chi connectivity index (χ3n) is 5.56. The summed E-state index contributed by atoms with van der Waals surface area (Å²) >= 11 is 6.39. The first-order valence-corrected chi connectivity index (χ1v) is 8.81. The van der Waals surface area contributed by atoms with Gasteiger partial charge in [0.05, 0.1) is 19.7 Å². The van der Waals surface area contributed by atoms with Crippen molar-refractivity contribution in [2.45, 2.75) is 37.8 Å². The van der Waals surface area contributed by atoms with E-state index in [-0.39, 0.29) is 30.6 Å². The Balaban J connectivity index is 1.50. The number of likely N-dealkylation sites (tertiary alicyclic amines) is 2. The van der Waals surface area contributed by atoms with Crippen LogP contribution in [0.25, 0.3) is 0 Å². The lowest BCUT2D eigenvalue weighted by atomic mass is 10.0. The van der Waals surface area contributed by atoms with Gasteiger partial charge in [0.1, 0.15) is 6.04 Å². The normalized spacial score (nSPS) is 32.1. The van der Waals surface area contributed by atoms with Gasteiger partial charge in [-0.25, -0.2) is 9.21 Å². The van der Waals surface area contributed by atoms with Gasteiger partial charge in [0, 0.05) is 25.7 Å². The number of carbonyl (C=O) groups is 2. The second-order valence-electron chi connectivity index (χ2n) is 6.95. The third-order valence-corrected chi connectivity index (χ3v) is 5.96. The van der Waals surface area contributed by atoms with Gasteiger partial charge in [-0.1, -0.05) is 0 Å². The van der Waals surface area contributed by atoms with Gasteiger partial charge in [-0.15, -0.1) is 0 Å². The van der Waals surface area contributed by atoms with E-state index in [0.29, 0.717) is 31.5 Å². The maximum absolute atomic E-state index is 12.4.